The van der Waals surface area contributed by atoms with Gasteiger partial charge in [0.1, 0.15) is 11.4 Å². The molecule has 1 atom stereocenters. The minimum atomic E-state index is -1.74. The number of carboxylic acids is 1. The Balaban J connectivity index is 1.50. The number of ether oxygens (including phenoxy) is 1. The molecular formula is C28H27FN2O4. The van der Waals surface area contributed by atoms with Crippen LogP contribution in [0.2, 0.25) is 0 Å². The summed E-state index contributed by atoms with van der Waals surface area (Å²) >= 11 is 0. The average Bonchev–Trinajstić information content (AvgIpc) is 2.86. The molecule has 2 N–H and O–H groups in total. The fourth-order valence-corrected chi connectivity index (χ4v) is 4.15. The van der Waals surface area contributed by atoms with Gasteiger partial charge < -0.3 is 15.2 Å². The molecule has 4 aromatic rings. The Bertz CT molecular complexity index is 1380. The first-order valence-corrected chi connectivity index (χ1v) is 11.6. The number of halogens is 1. The van der Waals surface area contributed by atoms with E-state index in [1.807, 2.05) is 30.3 Å². The highest BCUT2D eigenvalue weighted by Gasteiger charge is 2.37. The number of aliphatic carboxylic acids is 1. The fraction of sp³-hybridized carbons (Fsp3) is 0.250. The maximum Gasteiger partial charge on any atom is 0.310 e. The molecule has 0 saturated carbocycles. The Morgan fingerprint density at radius 3 is 2.43 bits per heavy atom. The Morgan fingerprint density at radius 2 is 1.69 bits per heavy atom. The van der Waals surface area contributed by atoms with Gasteiger partial charge >= 0.3 is 5.97 Å². The van der Waals surface area contributed by atoms with Gasteiger partial charge in [0.25, 0.3) is 6.36 Å². The first-order valence-electron chi connectivity index (χ1n) is 11.6. The van der Waals surface area contributed by atoms with Crippen molar-refractivity contribution in [1.82, 2.24) is 4.98 Å². The quantitative estimate of drug-likeness (QED) is 0.283. The van der Waals surface area contributed by atoms with Gasteiger partial charge in [-0.25, -0.2) is 4.98 Å². The van der Waals surface area contributed by atoms with Crippen LogP contribution in [0.5, 0.6) is 5.75 Å². The second-order valence-electron chi connectivity index (χ2n) is 8.60. The number of amides is 1. The summed E-state index contributed by atoms with van der Waals surface area (Å²) in [4.78, 5) is 28.6. The highest BCUT2D eigenvalue weighted by Crippen LogP contribution is 2.32. The smallest absolute Gasteiger partial charge is 0.310 e. The molecule has 1 aromatic heterocycles. The molecule has 0 spiro atoms. The topological polar surface area (TPSA) is 88.5 Å². The van der Waals surface area contributed by atoms with E-state index in [1.165, 1.54) is 0 Å². The number of aromatic nitrogens is 1. The number of carboxylic acid groups (broad SMARTS) is 1. The van der Waals surface area contributed by atoms with Crippen LogP contribution in [0.15, 0.2) is 72.8 Å². The van der Waals surface area contributed by atoms with Gasteiger partial charge in [-0.05, 0) is 60.0 Å². The Hall–Kier alpha value is -4.00. The molecule has 0 aliphatic carbocycles. The third-order valence-corrected chi connectivity index (χ3v) is 6.49. The molecule has 1 amide bonds. The summed E-state index contributed by atoms with van der Waals surface area (Å²) in [5, 5.41) is 14.9. The Kier molecular flexibility index (Phi) is 6.96. The normalized spacial score (nSPS) is 12.4. The summed E-state index contributed by atoms with van der Waals surface area (Å²) in [5.74, 6) is -1.01. The predicted molar refractivity (Wildman–Crippen MR) is 134 cm³/mol. The number of hydrogen-bond donors (Lipinski definition) is 2. The molecule has 4 rings (SSSR count). The zero-order valence-corrected chi connectivity index (χ0v) is 19.6. The van der Waals surface area contributed by atoms with Crippen molar-refractivity contribution in [3.05, 3.63) is 78.5 Å². The van der Waals surface area contributed by atoms with Crippen molar-refractivity contribution in [3.8, 4) is 5.75 Å². The van der Waals surface area contributed by atoms with E-state index < -0.39 is 17.7 Å². The van der Waals surface area contributed by atoms with Gasteiger partial charge in [-0.3, -0.25) is 9.59 Å². The molecule has 7 heteroatoms. The predicted octanol–water partition coefficient (Wildman–Crippen LogP) is 6.65. The molecule has 0 aliphatic heterocycles. The number of carbonyl (C=O) groups excluding carboxylic acids is 1. The first-order chi connectivity index (χ1) is 16.8. The number of hydrogen-bond acceptors (Lipinski definition) is 4. The van der Waals surface area contributed by atoms with Crippen molar-refractivity contribution in [2.45, 2.75) is 39.5 Å². The number of rotatable bonds is 9. The monoisotopic (exact) mass is 474 g/mol. The molecule has 180 valence electrons. The number of nitrogens with one attached hydrogen (secondary N) is 1. The van der Waals surface area contributed by atoms with Gasteiger partial charge in [0.2, 0.25) is 5.91 Å². The van der Waals surface area contributed by atoms with Gasteiger partial charge in [-0.1, -0.05) is 50.2 Å². The number of fused-ring (bicyclic) bond motifs is 2. The first kappa shape index (κ1) is 24.1. The molecule has 1 unspecified atom stereocenters. The van der Waals surface area contributed by atoms with E-state index in [2.05, 4.69) is 10.3 Å². The number of benzene rings is 3. The lowest BCUT2D eigenvalue weighted by atomic mass is 9.79. The number of nitrogens with zero attached hydrogens (tertiary/aromatic N) is 1. The van der Waals surface area contributed by atoms with Crippen LogP contribution in [-0.4, -0.2) is 22.0 Å². The van der Waals surface area contributed by atoms with Crippen LogP contribution < -0.4 is 10.1 Å². The van der Waals surface area contributed by atoms with Gasteiger partial charge in [-0.15, -0.1) is 0 Å². The zero-order chi connectivity index (χ0) is 25.0. The van der Waals surface area contributed by atoms with Gasteiger partial charge in [0.05, 0.1) is 10.9 Å². The molecular weight excluding hydrogens is 447 g/mol. The van der Waals surface area contributed by atoms with Crippen molar-refractivity contribution in [1.29, 1.82) is 0 Å². The van der Waals surface area contributed by atoms with E-state index in [0.29, 0.717) is 29.8 Å². The number of para-hydroxylation sites is 1. The lowest BCUT2D eigenvalue weighted by Gasteiger charge is -2.25. The molecule has 6 nitrogen and oxygen atoms in total. The van der Waals surface area contributed by atoms with E-state index >= 15 is 0 Å². The third kappa shape index (κ3) is 5.24. The second kappa shape index (κ2) is 10.1. The summed E-state index contributed by atoms with van der Waals surface area (Å²) in [7, 11) is 0. The van der Waals surface area contributed by atoms with Gasteiger partial charge in [0, 0.05) is 17.5 Å². The van der Waals surface area contributed by atoms with Crippen LogP contribution >= 0.6 is 0 Å². The summed E-state index contributed by atoms with van der Waals surface area (Å²) in [5.41, 5.74) is 0.306. The lowest BCUT2D eigenvalue weighted by Crippen LogP contribution is -2.34. The van der Waals surface area contributed by atoms with Crippen molar-refractivity contribution < 1.29 is 23.8 Å². The Morgan fingerprint density at radius 1 is 0.971 bits per heavy atom. The summed E-state index contributed by atoms with van der Waals surface area (Å²) in [6.45, 7) is 3.54. The maximum absolute atomic E-state index is 14.9. The van der Waals surface area contributed by atoms with Crippen molar-refractivity contribution in [2.75, 3.05) is 5.32 Å². The van der Waals surface area contributed by atoms with Crippen LogP contribution in [0, 0.1) is 5.41 Å². The second-order valence-corrected chi connectivity index (χ2v) is 8.60. The third-order valence-electron chi connectivity index (χ3n) is 6.49. The fourth-order valence-electron chi connectivity index (χ4n) is 4.15. The molecule has 0 radical (unpaired) electrons. The molecule has 0 aliphatic rings. The largest absolute Gasteiger partial charge is 0.481 e. The van der Waals surface area contributed by atoms with Crippen molar-refractivity contribution in [2.24, 2.45) is 5.41 Å². The van der Waals surface area contributed by atoms with Crippen LogP contribution in [0.1, 0.15) is 45.2 Å². The van der Waals surface area contributed by atoms with Crippen LogP contribution in [-0.2, 0) is 9.59 Å². The van der Waals surface area contributed by atoms with Crippen molar-refractivity contribution in [3.63, 3.8) is 0 Å². The minimum absolute atomic E-state index is 0.112. The SMILES string of the molecule is CCC(CC)(CC(=O)Nc1ccc2ccc(OC(F)c3ccc4ccccc4n3)cc2c1)C(=O)O. The lowest BCUT2D eigenvalue weighted by molar-refractivity contribution is -0.151. The molecule has 35 heavy (non-hydrogen) atoms. The van der Waals surface area contributed by atoms with E-state index in [4.69, 9.17) is 4.74 Å². The summed E-state index contributed by atoms with van der Waals surface area (Å²) in [6.07, 6.45) is -1.13. The van der Waals surface area contributed by atoms with E-state index in [9.17, 15) is 19.1 Å². The van der Waals surface area contributed by atoms with Crippen LogP contribution in [0.25, 0.3) is 21.7 Å². The van der Waals surface area contributed by atoms with E-state index in [-0.39, 0.29) is 18.0 Å². The molecule has 3 aromatic carbocycles. The van der Waals surface area contributed by atoms with E-state index in [1.54, 1.807) is 56.3 Å². The highest BCUT2D eigenvalue weighted by molar-refractivity contribution is 5.96. The molecule has 0 bridgehead atoms. The van der Waals surface area contributed by atoms with Crippen LogP contribution in [0.4, 0.5) is 10.1 Å². The zero-order valence-electron chi connectivity index (χ0n) is 19.6. The number of anilines is 1. The molecule has 0 saturated heterocycles. The number of carbonyl (C=O) groups is 2. The standard InChI is InChI=1S/C28H27FN2O4/c1-3-28(4-2,27(33)34)17-25(32)30-21-12-9-18-10-13-22(16-20(18)15-21)35-26(29)24-14-11-19-7-5-6-8-23(19)31-24/h5-16,26H,3-4,17H2,1-2H3,(H,30,32)(H,33,34). The minimum Gasteiger partial charge on any atom is -0.481 e. The summed E-state index contributed by atoms with van der Waals surface area (Å²) < 4.78 is 20.4. The Labute approximate surface area is 202 Å². The van der Waals surface area contributed by atoms with Gasteiger partial charge in [0.15, 0.2) is 0 Å². The average molecular weight is 475 g/mol. The molecule has 1 heterocycles. The van der Waals surface area contributed by atoms with Crippen LogP contribution in [0.3, 0.4) is 0 Å². The number of alkyl halides is 1. The maximum atomic E-state index is 14.9. The van der Waals surface area contributed by atoms with E-state index in [0.717, 1.165) is 16.2 Å². The summed E-state index contributed by atoms with van der Waals surface area (Å²) in [6, 6.07) is 21.4. The van der Waals surface area contributed by atoms with Crippen molar-refractivity contribution >= 4 is 39.2 Å². The van der Waals surface area contributed by atoms with Gasteiger partial charge in [-0.2, -0.15) is 4.39 Å². The molecule has 0 fully saturated rings. The highest BCUT2D eigenvalue weighted by atomic mass is 19.1. The number of pyridine rings is 1.